The highest BCUT2D eigenvalue weighted by Gasteiger charge is 2.26. The van der Waals surface area contributed by atoms with Crippen molar-refractivity contribution in [2.75, 3.05) is 33.1 Å². The lowest BCUT2D eigenvalue weighted by Gasteiger charge is -2.21. The fourth-order valence-electron chi connectivity index (χ4n) is 2.73. The largest absolute Gasteiger partial charge is 0.497 e. The van der Waals surface area contributed by atoms with Crippen molar-refractivity contribution in [3.8, 4) is 23.0 Å². The second-order valence-electron chi connectivity index (χ2n) is 6.55. The van der Waals surface area contributed by atoms with Crippen LogP contribution in [0.25, 0.3) is 11.5 Å². The van der Waals surface area contributed by atoms with Crippen LogP contribution in [0.2, 0.25) is 0 Å². The number of methoxy groups -OCH3 is 2. The summed E-state index contributed by atoms with van der Waals surface area (Å²) in [4.78, 5) is 14.4. The number of carbonyl (C=O) groups is 1. The Balaban J connectivity index is 1.63. The third kappa shape index (κ3) is 5.38. The molecule has 1 heterocycles. The maximum absolute atomic E-state index is 12.5. The number of nitrogens with zero attached hydrogens (tertiary/aromatic N) is 3. The lowest BCUT2D eigenvalue weighted by molar-refractivity contribution is -0.128. The minimum atomic E-state index is 0.122. The lowest BCUT2D eigenvalue weighted by atomic mass is 10.2. The smallest absolute Gasteiger partial charge is 0.277 e. The van der Waals surface area contributed by atoms with Crippen molar-refractivity contribution in [3.63, 3.8) is 0 Å². The molecule has 1 fully saturated rings. The highest BCUT2D eigenvalue weighted by molar-refractivity contribution is 7.99. The monoisotopic (exact) mass is 391 g/mol. The third-order valence-corrected chi connectivity index (χ3v) is 5.15. The van der Waals surface area contributed by atoms with E-state index in [9.17, 15) is 4.79 Å². The van der Waals surface area contributed by atoms with E-state index in [4.69, 9.17) is 13.9 Å². The summed E-state index contributed by atoms with van der Waals surface area (Å²) in [5.41, 5.74) is 0.707. The molecule has 1 aliphatic rings. The van der Waals surface area contributed by atoms with Crippen LogP contribution in [-0.2, 0) is 4.79 Å². The Bertz CT molecular complexity index is 754. The minimum Gasteiger partial charge on any atom is -0.497 e. The van der Waals surface area contributed by atoms with Gasteiger partial charge >= 0.3 is 0 Å². The van der Waals surface area contributed by atoms with Crippen LogP contribution in [0.3, 0.4) is 0 Å². The number of hydrogen-bond acceptors (Lipinski definition) is 7. The van der Waals surface area contributed by atoms with Gasteiger partial charge in [-0.1, -0.05) is 18.7 Å². The molecule has 8 heteroatoms. The van der Waals surface area contributed by atoms with Crippen LogP contribution in [0.15, 0.2) is 27.8 Å². The second kappa shape index (κ2) is 9.12. The molecule has 1 aromatic carbocycles. The quantitative estimate of drug-likeness (QED) is 0.574. The summed E-state index contributed by atoms with van der Waals surface area (Å²) in [7, 11) is 3.17. The first-order chi connectivity index (χ1) is 13.1. The van der Waals surface area contributed by atoms with Gasteiger partial charge in [-0.05, 0) is 37.3 Å². The molecule has 146 valence electrons. The Labute approximate surface area is 163 Å². The highest BCUT2D eigenvalue weighted by atomic mass is 32.2. The molecule has 0 spiro atoms. The van der Waals surface area contributed by atoms with Gasteiger partial charge in [0.25, 0.3) is 5.22 Å². The van der Waals surface area contributed by atoms with Gasteiger partial charge in [0.05, 0.1) is 20.0 Å². The van der Waals surface area contributed by atoms with E-state index in [2.05, 4.69) is 17.1 Å². The maximum atomic E-state index is 12.5. The van der Waals surface area contributed by atoms with E-state index in [-0.39, 0.29) is 5.91 Å². The number of rotatable bonds is 10. The van der Waals surface area contributed by atoms with Gasteiger partial charge < -0.3 is 18.8 Å². The van der Waals surface area contributed by atoms with Crippen molar-refractivity contribution in [2.45, 2.75) is 31.4 Å². The van der Waals surface area contributed by atoms with E-state index in [1.807, 2.05) is 4.90 Å². The van der Waals surface area contributed by atoms with Gasteiger partial charge in [-0.25, -0.2) is 0 Å². The zero-order valence-electron chi connectivity index (χ0n) is 15.9. The Morgan fingerprint density at radius 3 is 2.52 bits per heavy atom. The molecule has 2 aromatic rings. The lowest BCUT2D eigenvalue weighted by Crippen LogP contribution is -2.34. The van der Waals surface area contributed by atoms with E-state index in [1.54, 1.807) is 32.4 Å². The van der Waals surface area contributed by atoms with Crippen molar-refractivity contribution in [3.05, 3.63) is 18.2 Å². The molecule has 0 unspecified atom stereocenters. The molecule has 0 bridgehead atoms. The average molecular weight is 391 g/mol. The van der Waals surface area contributed by atoms with Crippen LogP contribution in [-0.4, -0.2) is 54.1 Å². The van der Waals surface area contributed by atoms with Crippen molar-refractivity contribution < 1.29 is 18.7 Å². The summed E-state index contributed by atoms with van der Waals surface area (Å²) in [6.07, 6.45) is 3.43. The number of thioether (sulfide) groups is 1. The van der Waals surface area contributed by atoms with Crippen molar-refractivity contribution in [2.24, 2.45) is 5.92 Å². The molecule has 0 N–H and O–H groups in total. The molecule has 0 radical (unpaired) electrons. The van der Waals surface area contributed by atoms with Crippen LogP contribution in [0.5, 0.6) is 11.5 Å². The molecule has 7 nitrogen and oxygen atoms in total. The summed E-state index contributed by atoms with van der Waals surface area (Å²) in [5.74, 6) is 2.76. The van der Waals surface area contributed by atoms with Gasteiger partial charge in [0, 0.05) is 24.7 Å². The number of aromatic nitrogens is 2. The molecule has 1 amide bonds. The van der Waals surface area contributed by atoms with Crippen LogP contribution in [0, 0.1) is 5.92 Å². The number of amides is 1. The third-order valence-electron chi connectivity index (χ3n) is 4.35. The van der Waals surface area contributed by atoms with E-state index < -0.39 is 0 Å². The first-order valence-corrected chi connectivity index (χ1v) is 10.1. The van der Waals surface area contributed by atoms with Gasteiger partial charge in [0.15, 0.2) is 0 Å². The topological polar surface area (TPSA) is 77.7 Å². The average Bonchev–Trinajstić information content (AvgIpc) is 3.39. The predicted octanol–water partition coefficient (Wildman–Crippen LogP) is 3.49. The zero-order valence-corrected chi connectivity index (χ0v) is 16.8. The standard InChI is InChI=1S/C19H25N3O4S/c1-4-7-22(11-13-5-6-13)17(23)12-27-19-21-20-18(26-19)14-8-15(24-2)10-16(9-14)25-3/h8-10,13H,4-7,11-12H2,1-3H3. The Kier molecular flexibility index (Phi) is 6.60. The van der Waals surface area contributed by atoms with E-state index in [0.717, 1.165) is 19.5 Å². The van der Waals surface area contributed by atoms with Crippen LogP contribution in [0.1, 0.15) is 26.2 Å². The van der Waals surface area contributed by atoms with Crippen LogP contribution in [0.4, 0.5) is 0 Å². The van der Waals surface area contributed by atoms with Crippen molar-refractivity contribution >= 4 is 17.7 Å². The molecule has 0 aliphatic heterocycles. The summed E-state index contributed by atoms with van der Waals surface area (Å²) in [6, 6.07) is 5.37. The van der Waals surface area contributed by atoms with E-state index >= 15 is 0 Å². The molecule has 3 rings (SSSR count). The van der Waals surface area contributed by atoms with E-state index in [1.165, 1.54) is 24.6 Å². The molecule has 1 saturated carbocycles. The SMILES string of the molecule is CCCN(CC1CC1)C(=O)CSc1nnc(-c2cc(OC)cc(OC)c2)o1. The van der Waals surface area contributed by atoms with E-state index in [0.29, 0.717) is 39.8 Å². The fourth-order valence-corrected chi connectivity index (χ4v) is 3.40. The van der Waals surface area contributed by atoms with Crippen LogP contribution < -0.4 is 9.47 Å². The predicted molar refractivity (Wildman–Crippen MR) is 103 cm³/mol. The first-order valence-electron chi connectivity index (χ1n) is 9.10. The normalized spacial score (nSPS) is 13.4. The number of ether oxygens (including phenoxy) is 2. The Morgan fingerprint density at radius 1 is 1.22 bits per heavy atom. The number of hydrogen-bond donors (Lipinski definition) is 0. The number of carbonyl (C=O) groups excluding carboxylic acids is 1. The Morgan fingerprint density at radius 2 is 1.93 bits per heavy atom. The summed E-state index contributed by atoms with van der Waals surface area (Å²) >= 11 is 1.27. The molecular formula is C19H25N3O4S. The maximum Gasteiger partial charge on any atom is 0.277 e. The minimum absolute atomic E-state index is 0.122. The molecule has 0 atom stereocenters. The molecule has 1 aliphatic carbocycles. The van der Waals surface area contributed by atoms with Crippen molar-refractivity contribution in [1.29, 1.82) is 0 Å². The second-order valence-corrected chi connectivity index (χ2v) is 7.47. The molecular weight excluding hydrogens is 366 g/mol. The summed E-state index contributed by atoms with van der Waals surface area (Å²) in [6.45, 7) is 3.76. The fraction of sp³-hybridized carbons (Fsp3) is 0.526. The van der Waals surface area contributed by atoms with Crippen molar-refractivity contribution in [1.82, 2.24) is 15.1 Å². The Hall–Kier alpha value is -2.22. The van der Waals surface area contributed by atoms with Gasteiger partial charge in [-0.3, -0.25) is 4.79 Å². The summed E-state index contributed by atoms with van der Waals surface area (Å²) < 4.78 is 16.2. The summed E-state index contributed by atoms with van der Waals surface area (Å²) in [5, 5.41) is 8.51. The van der Waals surface area contributed by atoms with Gasteiger partial charge in [-0.2, -0.15) is 0 Å². The molecule has 0 saturated heterocycles. The molecule has 1 aromatic heterocycles. The zero-order chi connectivity index (χ0) is 19.2. The van der Waals surface area contributed by atoms with Gasteiger partial charge in [0.2, 0.25) is 11.8 Å². The van der Waals surface area contributed by atoms with Gasteiger partial charge in [0.1, 0.15) is 11.5 Å². The van der Waals surface area contributed by atoms with Crippen LogP contribution >= 0.6 is 11.8 Å². The molecule has 27 heavy (non-hydrogen) atoms. The number of benzene rings is 1. The van der Waals surface area contributed by atoms with Gasteiger partial charge in [-0.15, -0.1) is 10.2 Å². The highest BCUT2D eigenvalue weighted by Crippen LogP contribution is 2.31. The first kappa shape index (κ1) is 19.5.